The molecule has 2 N–H and O–H groups in total. The molecule has 0 spiro atoms. The highest BCUT2D eigenvalue weighted by molar-refractivity contribution is 6.35. The average Bonchev–Trinajstić information content (AvgIpc) is 3.29. The minimum absolute atomic E-state index is 0.0641. The van der Waals surface area contributed by atoms with Crippen LogP contribution in [0.15, 0.2) is 83.9 Å². The lowest BCUT2D eigenvalue weighted by molar-refractivity contribution is -0.0521. The van der Waals surface area contributed by atoms with Crippen LogP contribution in [0.2, 0.25) is 5.02 Å². The van der Waals surface area contributed by atoms with E-state index in [0.29, 0.717) is 38.2 Å². The Bertz CT molecular complexity index is 1960. The second-order valence-electron chi connectivity index (χ2n) is 8.80. The van der Waals surface area contributed by atoms with E-state index in [0.717, 1.165) is 12.1 Å². The number of pyridine rings is 1. The molecular weight excluding hydrogens is 545 g/mol. The molecule has 3 heterocycles. The molecule has 0 radical (unpaired) electrons. The van der Waals surface area contributed by atoms with Gasteiger partial charge in [-0.15, -0.1) is 0 Å². The molecule has 12 heteroatoms. The molecule has 40 heavy (non-hydrogen) atoms. The Morgan fingerprint density at radius 1 is 0.975 bits per heavy atom. The van der Waals surface area contributed by atoms with Gasteiger partial charge in [-0.3, -0.25) is 9.36 Å². The number of benzene rings is 3. The lowest BCUT2D eigenvalue weighted by Crippen LogP contribution is -2.24. The highest BCUT2D eigenvalue weighted by Crippen LogP contribution is 2.33. The first-order chi connectivity index (χ1) is 19.3. The molecule has 8 nitrogen and oxygen atoms in total. The van der Waals surface area contributed by atoms with Crippen LogP contribution in [-0.2, 0) is 6.54 Å². The van der Waals surface area contributed by atoms with Gasteiger partial charge in [0.05, 0.1) is 22.3 Å². The van der Waals surface area contributed by atoms with Crippen molar-refractivity contribution in [2.75, 3.05) is 5.73 Å². The number of alkyl halides is 2. The van der Waals surface area contributed by atoms with Gasteiger partial charge in [0.15, 0.2) is 17.2 Å². The van der Waals surface area contributed by atoms with Gasteiger partial charge in [-0.1, -0.05) is 41.9 Å². The monoisotopic (exact) mass is 562 g/mol. The molecule has 3 aromatic heterocycles. The molecule has 0 unspecified atom stereocenters. The van der Waals surface area contributed by atoms with Gasteiger partial charge >= 0.3 is 6.61 Å². The molecule has 0 atom stereocenters. The molecule has 0 fully saturated rings. The minimum Gasteiger partial charge on any atom is -0.432 e. The van der Waals surface area contributed by atoms with E-state index in [2.05, 4.69) is 19.8 Å². The first-order valence-electron chi connectivity index (χ1n) is 11.9. The second-order valence-corrected chi connectivity index (χ2v) is 9.21. The van der Waals surface area contributed by atoms with E-state index in [1.165, 1.54) is 17.1 Å². The lowest BCUT2D eigenvalue weighted by Gasteiger charge is -2.15. The van der Waals surface area contributed by atoms with E-state index in [-0.39, 0.29) is 29.2 Å². The molecule has 0 aliphatic rings. The SMILES string of the molecule is Nc1ncnc2c1c(-c1ccc(OC(F)F)c(F)c1)nn2Cc1cc2cccc(Cl)c2c(=O)n1-c1ccccc1. The van der Waals surface area contributed by atoms with Crippen LogP contribution in [0.1, 0.15) is 5.69 Å². The Morgan fingerprint density at radius 2 is 1.77 bits per heavy atom. The molecule has 0 aliphatic carbocycles. The maximum atomic E-state index is 14.6. The fourth-order valence-corrected chi connectivity index (χ4v) is 4.95. The smallest absolute Gasteiger partial charge is 0.387 e. The second kappa shape index (κ2) is 10.0. The number of ether oxygens (including phenoxy) is 1. The van der Waals surface area contributed by atoms with E-state index in [4.69, 9.17) is 17.3 Å². The Balaban J connectivity index is 1.55. The summed E-state index contributed by atoms with van der Waals surface area (Å²) in [6.07, 6.45) is 1.27. The third-order valence-electron chi connectivity index (χ3n) is 6.38. The van der Waals surface area contributed by atoms with Crippen molar-refractivity contribution in [3.8, 4) is 22.7 Å². The van der Waals surface area contributed by atoms with Crippen LogP contribution in [0, 0.1) is 5.82 Å². The van der Waals surface area contributed by atoms with E-state index in [1.54, 1.807) is 34.9 Å². The zero-order valence-corrected chi connectivity index (χ0v) is 21.2. The van der Waals surface area contributed by atoms with Crippen LogP contribution in [0.25, 0.3) is 38.8 Å². The first-order valence-corrected chi connectivity index (χ1v) is 12.3. The van der Waals surface area contributed by atoms with Crippen molar-refractivity contribution in [1.82, 2.24) is 24.3 Å². The van der Waals surface area contributed by atoms with Crippen molar-refractivity contribution in [3.05, 3.63) is 106 Å². The van der Waals surface area contributed by atoms with Gasteiger partial charge in [0.2, 0.25) is 0 Å². The summed E-state index contributed by atoms with van der Waals surface area (Å²) < 4.78 is 47.2. The number of hydrogen-bond donors (Lipinski definition) is 1. The predicted molar refractivity (Wildman–Crippen MR) is 145 cm³/mol. The Labute approximate surface area is 229 Å². The largest absolute Gasteiger partial charge is 0.432 e. The van der Waals surface area contributed by atoms with Gasteiger partial charge in [-0.05, 0) is 47.9 Å². The Hall–Kier alpha value is -4.90. The van der Waals surface area contributed by atoms with Crippen molar-refractivity contribution in [3.63, 3.8) is 0 Å². The minimum atomic E-state index is -3.18. The third-order valence-corrected chi connectivity index (χ3v) is 6.69. The van der Waals surface area contributed by atoms with Crippen LogP contribution in [0.4, 0.5) is 19.0 Å². The normalized spacial score (nSPS) is 11.5. The number of nitrogens with zero attached hydrogens (tertiary/aromatic N) is 5. The molecule has 0 aliphatic heterocycles. The summed E-state index contributed by atoms with van der Waals surface area (Å²) in [5, 5.41) is 6.32. The Kier molecular flexibility index (Phi) is 6.35. The van der Waals surface area contributed by atoms with Gasteiger partial charge < -0.3 is 10.5 Å². The number of hydrogen-bond acceptors (Lipinski definition) is 6. The number of nitrogens with two attached hydrogens (primary N) is 1. The number of anilines is 1. The van der Waals surface area contributed by atoms with Crippen molar-refractivity contribution in [1.29, 1.82) is 0 Å². The maximum Gasteiger partial charge on any atom is 0.387 e. The third kappa shape index (κ3) is 4.39. The average molecular weight is 563 g/mol. The molecule has 0 saturated heterocycles. The fourth-order valence-electron chi connectivity index (χ4n) is 4.69. The molecule has 6 rings (SSSR count). The van der Waals surface area contributed by atoms with Gasteiger partial charge in [-0.25, -0.2) is 19.0 Å². The van der Waals surface area contributed by atoms with Crippen molar-refractivity contribution >= 4 is 39.2 Å². The zero-order chi connectivity index (χ0) is 28.0. The predicted octanol–water partition coefficient (Wildman–Crippen LogP) is 5.82. The number of fused-ring (bicyclic) bond motifs is 2. The topological polar surface area (TPSA) is 101 Å². The highest BCUT2D eigenvalue weighted by atomic mass is 35.5. The van der Waals surface area contributed by atoms with Crippen LogP contribution in [-0.4, -0.2) is 30.9 Å². The van der Waals surface area contributed by atoms with Gasteiger partial charge in [-0.2, -0.15) is 13.9 Å². The van der Waals surface area contributed by atoms with Crippen LogP contribution in [0.3, 0.4) is 0 Å². The molecule has 200 valence electrons. The quantitative estimate of drug-likeness (QED) is 0.274. The number of para-hydroxylation sites is 1. The van der Waals surface area contributed by atoms with Gasteiger partial charge in [0.1, 0.15) is 17.8 Å². The van der Waals surface area contributed by atoms with Crippen molar-refractivity contribution in [2.24, 2.45) is 0 Å². The van der Waals surface area contributed by atoms with Crippen LogP contribution >= 0.6 is 11.6 Å². The van der Waals surface area contributed by atoms with E-state index >= 15 is 0 Å². The van der Waals surface area contributed by atoms with Crippen LogP contribution < -0.4 is 16.0 Å². The van der Waals surface area contributed by atoms with E-state index < -0.39 is 18.2 Å². The van der Waals surface area contributed by atoms with Gasteiger partial charge in [0.25, 0.3) is 5.56 Å². The standard InChI is InChI=1S/C28H18ClF3N6O2/c29-19-8-4-5-15-11-18(38(27(39)22(15)19)17-6-2-1-3-7-17)13-37-26-23(25(33)34-14-35-26)24(36-37)16-9-10-21(20(30)12-16)40-28(31)32/h1-12,14,28H,13H2,(H2,33,34,35). The highest BCUT2D eigenvalue weighted by Gasteiger charge is 2.21. The maximum absolute atomic E-state index is 14.6. The van der Waals surface area contributed by atoms with E-state index in [9.17, 15) is 18.0 Å². The summed E-state index contributed by atoms with van der Waals surface area (Å²) in [6, 6.07) is 19.6. The summed E-state index contributed by atoms with van der Waals surface area (Å²) >= 11 is 6.41. The summed E-state index contributed by atoms with van der Waals surface area (Å²) in [7, 11) is 0. The van der Waals surface area contributed by atoms with Crippen molar-refractivity contribution in [2.45, 2.75) is 13.2 Å². The summed E-state index contributed by atoms with van der Waals surface area (Å²) in [4.78, 5) is 22.1. The Morgan fingerprint density at radius 3 is 2.52 bits per heavy atom. The molecule has 0 saturated carbocycles. The van der Waals surface area contributed by atoms with Crippen LogP contribution in [0.5, 0.6) is 5.75 Å². The zero-order valence-electron chi connectivity index (χ0n) is 20.4. The van der Waals surface area contributed by atoms with Crippen molar-refractivity contribution < 1.29 is 17.9 Å². The van der Waals surface area contributed by atoms with E-state index in [1.807, 2.05) is 24.3 Å². The number of rotatable bonds is 6. The molecule has 0 amide bonds. The summed E-state index contributed by atoms with van der Waals surface area (Å²) in [5.74, 6) is -1.51. The summed E-state index contributed by atoms with van der Waals surface area (Å²) in [6.45, 7) is -3.11. The fraction of sp³-hybridized carbons (Fsp3) is 0.0714. The molecule has 6 aromatic rings. The van der Waals surface area contributed by atoms with Gasteiger partial charge in [0, 0.05) is 16.9 Å². The molecule has 3 aromatic carbocycles. The molecule has 0 bridgehead atoms. The first kappa shape index (κ1) is 25.4. The number of aromatic nitrogens is 5. The molecular formula is C28H18ClF3N6O2. The number of halogens is 4. The summed E-state index contributed by atoms with van der Waals surface area (Å²) in [5.41, 5.74) is 7.85. The lowest BCUT2D eigenvalue weighted by atomic mass is 10.1. The number of nitrogen functional groups attached to an aromatic ring is 1.